The van der Waals surface area contributed by atoms with E-state index in [2.05, 4.69) is 10.1 Å². The minimum Gasteiger partial charge on any atom is -0.453 e. The van der Waals surface area contributed by atoms with Crippen molar-refractivity contribution in [2.45, 2.75) is 19.0 Å². The summed E-state index contributed by atoms with van der Waals surface area (Å²) in [6.07, 6.45) is -3.76. The topological polar surface area (TPSA) is 87.7 Å². The molecule has 1 fully saturated rings. The maximum absolute atomic E-state index is 11.9. The van der Waals surface area contributed by atoms with Crippen LogP contribution in [0.3, 0.4) is 0 Å². The molecule has 3 amide bonds. The summed E-state index contributed by atoms with van der Waals surface area (Å²) < 4.78 is 40.3. The number of hydrogen-bond acceptors (Lipinski definition) is 4. The molecular formula is C12H18F3N3O4. The molecule has 0 aromatic carbocycles. The van der Waals surface area contributed by atoms with Crippen LogP contribution in [-0.2, 0) is 14.3 Å². The van der Waals surface area contributed by atoms with Crippen LogP contribution in [-0.4, -0.2) is 62.3 Å². The van der Waals surface area contributed by atoms with Crippen molar-refractivity contribution >= 4 is 17.9 Å². The lowest BCUT2D eigenvalue weighted by molar-refractivity contribution is -0.146. The minimum absolute atomic E-state index is 0.0558. The van der Waals surface area contributed by atoms with E-state index in [1.807, 2.05) is 0 Å². The summed E-state index contributed by atoms with van der Waals surface area (Å²) in [7, 11) is 1.29. The molecular weight excluding hydrogens is 307 g/mol. The number of hydrogen-bond donors (Lipinski definition) is 2. The van der Waals surface area contributed by atoms with Crippen LogP contribution < -0.4 is 10.6 Å². The van der Waals surface area contributed by atoms with E-state index in [0.29, 0.717) is 25.9 Å². The number of halogens is 3. The second-order valence-electron chi connectivity index (χ2n) is 4.91. The van der Waals surface area contributed by atoms with Crippen molar-refractivity contribution in [1.82, 2.24) is 15.5 Å². The molecule has 2 N–H and O–H groups in total. The van der Waals surface area contributed by atoms with Gasteiger partial charge in [0.1, 0.15) is 6.54 Å². The molecule has 22 heavy (non-hydrogen) atoms. The van der Waals surface area contributed by atoms with Crippen molar-refractivity contribution in [3.05, 3.63) is 0 Å². The fraction of sp³-hybridized carbons (Fsp3) is 0.750. The molecule has 0 radical (unpaired) electrons. The lowest BCUT2D eigenvalue weighted by Gasteiger charge is -2.30. The van der Waals surface area contributed by atoms with Gasteiger partial charge in [-0.1, -0.05) is 0 Å². The third-order valence-corrected chi connectivity index (χ3v) is 3.25. The molecule has 7 nitrogen and oxygen atoms in total. The Morgan fingerprint density at radius 2 is 1.68 bits per heavy atom. The molecule has 0 aromatic heterocycles. The molecule has 0 bridgehead atoms. The molecule has 0 spiro atoms. The zero-order valence-corrected chi connectivity index (χ0v) is 12.0. The van der Waals surface area contributed by atoms with Gasteiger partial charge in [-0.3, -0.25) is 9.59 Å². The second-order valence-corrected chi connectivity index (χ2v) is 4.91. The molecule has 0 unspecified atom stereocenters. The van der Waals surface area contributed by atoms with Crippen LogP contribution in [0.2, 0.25) is 0 Å². The van der Waals surface area contributed by atoms with Crippen molar-refractivity contribution in [2.75, 3.05) is 33.3 Å². The summed E-state index contributed by atoms with van der Waals surface area (Å²) in [4.78, 5) is 35.3. The minimum atomic E-state index is -4.56. The number of carbonyl (C=O) groups excluding carboxylic acids is 3. The van der Waals surface area contributed by atoms with Crippen molar-refractivity contribution in [2.24, 2.45) is 5.92 Å². The smallest absolute Gasteiger partial charge is 0.409 e. The first-order chi connectivity index (χ1) is 10.2. The van der Waals surface area contributed by atoms with Gasteiger partial charge in [0, 0.05) is 19.6 Å². The maximum Gasteiger partial charge on any atom is 0.409 e. The molecule has 0 atom stereocenters. The molecule has 1 rings (SSSR count). The molecule has 1 aliphatic heterocycles. The number of carbonyl (C=O) groups is 3. The van der Waals surface area contributed by atoms with Crippen LogP contribution in [0.1, 0.15) is 12.8 Å². The van der Waals surface area contributed by atoms with Gasteiger partial charge in [-0.2, -0.15) is 13.2 Å². The van der Waals surface area contributed by atoms with Gasteiger partial charge in [-0.05, 0) is 18.8 Å². The van der Waals surface area contributed by atoms with Crippen LogP contribution in [0.15, 0.2) is 0 Å². The Hall–Kier alpha value is -2.00. The largest absolute Gasteiger partial charge is 0.453 e. The monoisotopic (exact) mass is 325 g/mol. The Labute approximate surface area is 125 Å². The van der Waals surface area contributed by atoms with Crippen LogP contribution in [0.5, 0.6) is 0 Å². The SMILES string of the molecule is COC(=O)N1CCC(CNC(=O)C(=O)NCC(F)(F)F)CC1. The van der Waals surface area contributed by atoms with Crippen LogP contribution >= 0.6 is 0 Å². The lowest BCUT2D eigenvalue weighted by atomic mass is 9.97. The summed E-state index contributed by atoms with van der Waals surface area (Å²) in [5, 5.41) is 3.79. The molecule has 0 aliphatic carbocycles. The number of amides is 3. The Balaban J connectivity index is 2.25. The summed E-state index contributed by atoms with van der Waals surface area (Å²) in [5.41, 5.74) is 0. The molecule has 1 saturated heterocycles. The Morgan fingerprint density at radius 3 is 2.18 bits per heavy atom. The van der Waals surface area contributed by atoms with Gasteiger partial charge >= 0.3 is 24.1 Å². The van der Waals surface area contributed by atoms with Gasteiger partial charge in [-0.15, -0.1) is 0 Å². The quantitative estimate of drug-likeness (QED) is 0.729. The Kier molecular flexibility index (Phi) is 6.44. The molecule has 10 heteroatoms. The highest BCUT2D eigenvalue weighted by Crippen LogP contribution is 2.16. The first kappa shape index (κ1) is 18.1. The highest BCUT2D eigenvalue weighted by molar-refractivity contribution is 6.35. The van der Waals surface area contributed by atoms with Gasteiger partial charge in [0.15, 0.2) is 0 Å². The van der Waals surface area contributed by atoms with Crippen molar-refractivity contribution in [3.63, 3.8) is 0 Å². The predicted octanol–water partition coefficient (Wildman–Crippen LogP) is 0.259. The van der Waals surface area contributed by atoms with E-state index in [9.17, 15) is 27.6 Å². The third-order valence-electron chi connectivity index (χ3n) is 3.25. The molecule has 126 valence electrons. The van der Waals surface area contributed by atoms with Gasteiger partial charge < -0.3 is 20.3 Å². The predicted molar refractivity (Wildman–Crippen MR) is 68.8 cm³/mol. The van der Waals surface area contributed by atoms with Gasteiger partial charge in [0.25, 0.3) is 0 Å². The highest BCUT2D eigenvalue weighted by atomic mass is 19.4. The van der Waals surface area contributed by atoms with E-state index < -0.39 is 30.6 Å². The number of nitrogens with one attached hydrogen (secondary N) is 2. The number of nitrogens with zero attached hydrogens (tertiary/aromatic N) is 1. The molecule has 1 aliphatic rings. The third kappa shape index (κ3) is 6.19. The molecule has 0 saturated carbocycles. The van der Waals surface area contributed by atoms with E-state index in [-0.39, 0.29) is 12.5 Å². The van der Waals surface area contributed by atoms with Crippen molar-refractivity contribution < 1.29 is 32.3 Å². The van der Waals surface area contributed by atoms with E-state index in [1.54, 1.807) is 0 Å². The van der Waals surface area contributed by atoms with Gasteiger partial charge in [0.05, 0.1) is 7.11 Å². The number of alkyl halides is 3. The van der Waals surface area contributed by atoms with E-state index in [1.165, 1.54) is 17.3 Å². The fourth-order valence-electron chi connectivity index (χ4n) is 2.03. The van der Waals surface area contributed by atoms with Gasteiger partial charge in [0.2, 0.25) is 0 Å². The first-order valence-electron chi connectivity index (χ1n) is 6.68. The molecule has 0 aromatic rings. The summed E-state index contributed by atoms with van der Waals surface area (Å²) >= 11 is 0. The number of piperidine rings is 1. The zero-order valence-electron chi connectivity index (χ0n) is 12.0. The standard InChI is InChI=1S/C12H18F3N3O4/c1-22-11(21)18-4-2-8(3-5-18)6-16-9(19)10(20)17-7-12(13,14)15/h8H,2-7H2,1H3,(H,16,19)(H,17,20). The van der Waals surface area contributed by atoms with E-state index >= 15 is 0 Å². The lowest BCUT2D eigenvalue weighted by Crippen LogP contribution is -2.46. The highest BCUT2D eigenvalue weighted by Gasteiger charge is 2.29. The molecule has 1 heterocycles. The van der Waals surface area contributed by atoms with E-state index in [0.717, 1.165) is 0 Å². The first-order valence-corrected chi connectivity index (χ1v) is 6.68. The van der Waals surface area contributed by atoms with Crippen molar-refractivity contribution in [3.8, 4) is 0 Å². The number of rotatable bonds is 3. The number of likely N-dealkylation sites (tertiary alicyclic amines) is 1. The van der Waals surface area contributed by atoms with Crippen LogP contribution in [0.25, 0.3) is 0 Å². The van der Waals surface area contributed by atoms with E-state index in [4.69, 9.17) is 0 Å². The zero-order chi connectivity index (χ0) is 16.8. The number of methoxy groups -OCH3 is 1. The average molecular weight is 325 g/mol. The maximum atomic E-state index is 11.9. The number of ether oxygens (including phenoxy) is 1. The van der Waals surface area contributed by atoms with Crippen LogP contribution in [0.4, 0.5) is 18.0 Å². The summed E-state index contributed by atoms with van der Waals surface area (Å²) in [6.45, 7) is -0.439. The average Bonchev–Trinajstić information content (AvgIpc) is 2.49. The Morgan fingerprint density at radius 1 is 1.14 bits per heavy atom. The normalized spacial score (nSPS) is 16.1. The van der Waals surface area contributed by atoms with Crippen LogP contribution in [0, 0.1) is 5.92 Å². The fourth-order valence-corrected chi connectivity index (χ4v) is 2.03. The Bertz CT molecular complexity index is 420. The second kappa shape index (κ2) is 7.85. The van der Waals surface area contributed by atoms with Gasteiger partial charge in [-0.25, -0.2) is 4.79 Å². The summed E-state index contributed by atoms with van der Waals surface area (Å²) in [5.74, 6) is -2.36. The summed E-state index contributed by atoms with van der Waals surface area (Å²) in [6, 6.07) is 0. The van der Waals surface area contributed by atoms with Crippen molar-refractivity contribution in [1.29, 1.82) is 0 Å².